The number of nitrogen functional groups attached to an aromatic ring is 1. The van der Waals surface area contributed by atoms with Gasteiger partial charge in [0.1, 0.15) is 18.2 Å². The Labute approximate surface area is 159 Å². The molecule has 0 aromatic carbocycles. The number of nitrogens with zero attached hydrogens (tertiary/aromatic N) is 4. The van der Waals surface area contributed by atoms with E-state index in [0.717, 1.165) is 0 Å². The standard InChI is InChI=1S/C17H19N5O6/c1-4-5-21-12-7-19-16(18)20-14(12)22(17(21)25)15-13(27-10(3)24)6-11(28-15)8-26-9(2)23/h1,7,11,13,15H,5-6,8H2,2-3H3,(H2,18,19,20)/t11-,13-,15+/m0/s1. The summed E-state index contributed by atoms with van der Waals surface area (Å²) in [6.45, 7) is 2.46. The van der Waals surface area contributed by atoms with Crippen molar-refractivity contribution in [1.29, 1.82) is 0 Å². The molecule has 0 amide bonds. The highest BCUT2D eigenvalue weighted by atomic mass is 16.6. The second kappa shape index (κ2) is 7.69. The lowest BCUT2D eigenvalue weighted by atomic mass is 10.2. The van der Waals surface area contributed by atoms with Gasteiger partial charge >= 0.3 is 17.6 Å². The molecular formula is C17H19N5O6. The first kappa shape index (κ1) is 19.4. The van der Waals surface area contributed by atoms with Crippen molar-refractivity contribution in [3.63, 3.8) is 0 Å². The van der Waals surface area contributed by atoms with Gasteiger partial charge in [0.25, 0.3) is 0 Å². The summed E-state index contributed by atoms with van der Waals surface area (Å²) in [6, 6.07) is 0. The van der Waals surface area contributed by atoms with E-state index in [0.29, 0.717) is 5.52 Å². The van der Waals surface area contributed by atoms with Crippen molar-refractivity contribution in [2.45, 2.75) is 45.2 Å². The lowest BCUT2D eigenvalue weighted by Crippen LogP contribution is -2.33. The summed E-state index contributed by atoms with van der Waals surface area (Å²) < 4.78 is 18.7. The summed E-state index contributed by atoms with van der Waals surface area (Å²) in [5.41, 5.74) is 5.73. The number of rotatable bonds is 5. The van der Waals surface area contributed by atoms with Gasteiger partial charge in [0.15, 0.2) is 11.9 Å². The summed E-state index contributed by atoms with van der Waals surface area (Å²) in [5.74, 6) is 1.34. The molecule has 11 heteroatoms. The molecular weight excluding hydrogens is 370 g/mol. The van der Waals surface area contributed by atoms with Crippen molar-refractivity contribution in [3.8, 4) is 12.3 Å². The van der Waals surface area contributed by atoms with Crippen LogP contribution in [0.25, 0.3) is 11.2 Å². The number of anilines is 1. The minimum Gasteiger partial charge on any atom is -0.463 e. The molecule has 0 aliphatic carbocycles. The number of hydrogen-bond acceptors (Lipinski definition) is 9. The first-order chi connectivity index (χ1) is 13.3. The third kappa shape index (κ3) is 3.67. The number of aromatic nitrogens is 4. The van der Waals surface area contributed by atoms with Crippen molar-refractivity contribution in [2.75, 3.05) is 12.3 Å². The fourth-order valence-corrected chi connectivity index (χ4v) is 3.12. The molecule has 1 aliphatic rings. The highest BCUT2D eigenvalue weighted by molar-refractivity contribution is 5.72. The van der Waals surface area contributed by atoms with E-state index in [4.69, 9.17) is 26.4 Å². The van der Waals surface area contributed by atoms with Crippen molar-refractivity contribution < 1.29 is 23.8 Å². The van der Waals surface area contributed by atoms with Gasteiger partial charge in [-0.25, -0.2) is 14.3 Å². The van der Waals surface area contributed by atoms with E-state index in [9.17, 15) is 14.4 Å². The van der Waals surface area contributed by atoms with Gasteiger partial charge in [-0.05, 0) is 0 Å². The van der Waals surface area contributed by atoms with Gasteiger partial charge in [0.05, 0.1) is 18.8 Å². The van der Waals surface area contributed by atoms with E-state index in [1.165, 1.54) is 29.2 Å². The molecule has 1 fully saturated rings. The second-order valence-corrected chi connectivity index (χ2v) is 6.21. The van der Waals surface area contributed by atoms with Crippen LogP contribution in [0, 0.1) is 12.3 Å². The molecule has 2 aromatic rings. The SMILES string of the molecule is C#CCn1c(=O)n([C@@H]2O[C@H](COC(C)=O)C[C@@H]2OC(C)=O)c2nc(N)ncc21. The fourth-order valence-electron chi connectivity index (χ4n) is 3.12. The molecule has 3 heterocycles. The van der Waals surface area contributed by atoms with Crippen molar-refractivity contribution in [3.05, 3.63) is 16.7 Å². The van der Waals surface area contributed by atoms with Gasteiger partial charge < -0.3 is 19.9 Å². The highest BCUT2D eigenvalue weighted by Gasteiger charge is 2.41. The summed E-state index contributed by atoms with van der Waals surface area (Å²) in [5, 5.41) is 0. The number of esters is 2. The number of carbonyl (C=O) groups excluding carboxylic acids is 2. The molecule has 2 aromatic heterocycles. The quantitative estimate of drug-likeness (QED) is 0.533. The maximum atomic E-state index is 13.0. The van der Waals surface area contributed by atoms with Crippen molar-refractivity contribution in [1.82, 2.24) is 19.1 Å². The lowest BCUT2D eigenvalue weighted by molar-refractivity contribution is -0.153. The molecule has 0 radical (unpaired) electrons. The molecule has 0 unspecified atom stereocenters. The van der Waals surface area contributed by atoms with Gasteiger partial charge in [-0.1, -0.05) is 5.92 Å². The number of terminal acetylenes is 1. The minimum absolute atomic E-state index is 0.0164. The normalized spacial score (nSPS) is 21.4. The van der Waals surface area contributed by atoms with Crippen LogP contribution in [0.15, 0.2) is 11.0 Å². The third-order valence-corrected chi connectivity index (χ3v) is 4.16. The molecule has 3 rings (SSSR count). The number of fused-ring (bicyclic) bond motifs is 1. The minimum atomic E-state index is -0.993. The first-order valence-electron chi connectivity index (χ1n) is 8.44. The van der Waals surface area contributed by atoms with Crippen molar-refractivity contribution >= 4 is 29.1 Å². The van der Waals surface area contributed by atoms with Crippen LogP contribution in [0.5, 0.6) is 0 Å². The zero-order valence-electron chi connectivity index (χ0n) is 15.3. The van der Waals surface area contributed by atoms with E-state index < -0.39 is 36.1 Å². The Morgan fingerprint density at radius 1 is 1.43 bits per heavy atom. The van der Waals surface area contributed by atoms with E-state index in [1.54, 1.807) is 0 Å². The van der Waals surface area contributed by atoms with E-state index in [1.807, 2.05) is 0 Å². The Hall–Kier alpha value is -3.39. The molecule has 2 N–H and O–H groups in total. The van der Waals surface area contributed by atoms with Gasteiger partial charge in [-0.2, -0.15) is 4.98 Å². The monoisotopic (exact) mass is 389 g/mol. The Kier molecular flexibility index (Phi) is 5.32. The summed E-state index contributed by atoms with van der Waals surface area (Å²) in [7, 11) is 0. The molecule has 0 bridgehead atoms. The van der Waals surface area contributed by atoms with Gasteiger partial charge in [-0.3, -0.25) is 14.2 Å². The summed E-state index contributed by atoms with van der Waals surface area (Å²) in [4.78, 5) is 43.6. The number of hydrogen-bond donors (Lipinski definition) is 1. The number of ether oxygens (including phenoxy) is 3. The molecule has 11 nitrogen and oxygen atoms in total. The number of imidazole rings is 1. The van der Waals surface area contributed by atoms with Crippen LogP contribution in [0.3, 0.4) is 0 Å². The topological polar surface area (TPSA) is 141 Å². The van der Waals surface area contributed by atoms with Crippen LogP contribution in [-0.4, -0.2) is 49.9 Å². The largest absolute Gasteiger partial charge is 0.463 e. The maximum Gasteiger partial charge on any atom is 0.333 e. The zero-order chi connectivity index (χ0) is 20.4. The molecule has 0 saturated carbocycles. The average Bonchev–Trinajstić information content (AvgIpc) is 3.11. The third-order valence-electron chi connectivity index (χ3n) is 4.16. The Balaban J connectivity index is 2.07. The van der Waals surface area contributed by atoms with Crippen LogP contribution < -0.4 is 11.4 Å². The highest BCUT2D eigenvalue weighted by Crippen LogP contribution is 2.32. The maximum absolute atomic E-state index is 13.0. The van der Waals surface area contributed by atoms with E-state index >= 15 is 0 Å². The zero-order valence-corrected chi connectivity index (χ0v) is 15.3. The Morgan fingerprint density at radius 2 is 2.18 bits per heavy atom. The summed E-state index contributed by atoms with van der Waals surface area (Å²) >= 11 is 0. The molecule has 28 heavy (non-hydrogen) atoms. The van der Waals surface area contributed by atoms with Gasteiger partial charge in [0.2, 0.25) is 5.95 Å². The first-order valence-corrected chi connectivity index (χ1v) is 8.44. The van der Waals surface area contributed by atoms with Crippen LogP contribution in [0.1, 0.15) is 26.5 Å². The average molecular weight is 389 g/mol. The number of carbonyl (C=O) groups is 2. The Morgan fingerprint density at radius 3 is 2.82 bits per heavy atom. The van der Waals surface area contributed by atoms with Gasteiger partial charge in [0, 0.05) is 20.3 Å². The van der Waals surface area contributed by atoms with E-state index in [-0.39, 0.29) is 31.2 Å². The van der Waals surface area contributed by atoms with Crippen molar-refractivity contribution in [2.24, 2.45) is 0 Å². The molecule has 1 aliphatic heterocycles. The molecule has 1 saturated heterocycles. The predicted molar refractivity (Wildman–Crippen MR) is 95.7 cm³/mol. The number of nitrogens with two attached hydrogens (primary N) is 1. The molecule has 0 spiro atoms. The smallest absolute Gasteiger partial charge is 0.333 e. The summed E-state index contributed by atoms with van der Waals surface area (Å²) in [6.07, 6.45) is 4.62. The second-order valence-electron chi connectivity index (χ2n) is 6.21. The molecule has 3 atom stereocenters. The van der Waals surface area contributed by atoms with E-state index in [2.05, 4.69) is 15.9 Å². The Bertz CT molecular complexity index is 1020. The predicted octanol–water partition coefficient (Wildman–Crippen LogP) is -0.409. The van der Waals surface area contributed by atoms with Crippen LogP contribution in [0.2, 0.25) is 0 Å². The van der Waals surface area contributed by atoms with Crippen LogP contribution >= 0.6 is 0 Å². The van der Waals surface area contributed by atoms with Crippen LogP contribution in [0.4, 0.5) is 5.95 Å². The fraction of sp³-hybridized carbons (Fsp3) is 0.471. The van der Waals surface area contributed by atoms with Crippen LogP contribution in [-0.2, 0) is 30.3 Å². The van der Waals surface area contributed by atoms with Gasteiger partial charge in [-0.15, -0.1) is 6.42 Å². The molecule has 148 valence electrons. The lowest BCUT2D eigenvalue weighted by Gasteiger charge is -2.19.